The molecule has 2 aromatic rings. The first kappa shape index (κ1) is 21.4. The summed E-state index contributed by atoms with van der Waals surface area (Å²) in [6, 6.07) is 12.1. The summed E-state index contributed by atoms with van der Waals surface area (Å²) in [5.74, 6) is 0.649. The molecule has 0 saturated carbocycles. The Balaban J connectivity index is 1.40. The van der Waals surface area contributed by atoms with Gasteiger partial charge >= 0.3 is 6.03 Å². The van der Waals surface area contributed by atoms with E-state index in [2.05, 4.69) is 10.6 Å². The van der Waals surface area contributed by atoms with Crippen molar-refractivity contribution in [2.24, 2.45) is 0 Å². The van der Waals surface area contributed by atoms with Crippen LogP contribution in [0, 0.1) is 0 Å². The zero-order valence-corrected chi connectivity index (χ0v) is 17.8. The number of piperidine rings is 1. The van der Waals surface area contributed by atoms with Gasteiger partial charge in [0.15, 0.2) is 11.5 Å². The zero-order chi connectivity index (χ0) is 22.5. The quantitative estimate of drug-likeness (QED) is 0.537. The lowest BCUT2D eigenvalue weighted by Crippen LogP contribution is -2.35. The Morgan fingerprint density at radius 3 is 2.41 bits per heavy atom. The highest BCUT2D eigenvalue weighted by molar-refractivity contribution is 6.14. The third-order valence-electron chi connectivity index (χ3n) is 5.46. The molecule has 2 saturated heterocycles. The highest BCUT2D eigenvalue weighted by Crippen LogP contribution is 2.30. The maximum atomic E-state index is 12.6. The molecule has 0 aliphatic carbocycles. The predicted octanol–water partition coefficient (Wildman–Crippen LogP) is 3.08. The van der Waals surface area contributed by atoms with Gasteiger partial charge in [-0.2, -0.15) is 0 Å². The number of rotatable bonds is 6. The standard InChI is InChI=1S/C24H25N3O5/c1-31-21-14-17(13-19-22(28)26-24(30)25-19)7-10-20(21)32-15-16-5-8-18(9-6-16)23(29)27-11-3-2-4-12-27/h5-10,13-14H,2-4,11-12,15H2,1H3,(H2,25,26,28,30). The Hall–Kier alpha value is -3.81. The Morgan fingerprint density at radius 2 is 1.75 bits per heavy atom. The lowest BCUT2D eigenvalue weighted by Gasteiger charge is -2.26. The number of carbonyl (C=O) groups is 3. The Labute approximate surface area is 186 Å². The number of amides is 4. The summed E-state index contributed by atoms with van der Waals surface area (Å²) in [7, 11) is 1.53. The minimum absolute atomic E-state index is 0.0793. The summed E-state index contributed by atoms with van der Waals surface area (Å²) < 4.78 is 11.3. The summed E-state index contributed by atoms with van der Waals surface area (Å²) in [4.78, 5) is 37.4. The molecule has 0 atom stereocenters. The van der Waals surface area contributed by atoms with Crippen LogP contribution in [0.15, 0.2) is 48.2 Å². The summed E-state index contributed by atoms with van der Waals surface area (Å²) in [6.07, 6.45) is 4.88. The molecule has 2 aromatic carbocycles. The summed E-state index contributed by atoms with van der Waals surface area (Å²) in [5, 5.41) is 4.60. The highest BCUT2D eigenvalue weighted by Gasteiger charge is 2.23. The molecule has 8 heteroatoms. The van der Waals surface area contributed by atoms with Crippen LogP contribution in [-0.4, -0.2) is 42.9 Å². The van der Waals surface area contributed by atoms with Gasteiger partial charge in [0, 0.05) is 18.7 Å². The van der Waals surface area contributed by atoms with Crippen LogP contribution < -0.4 is 20.1 Å². The fourth-order valence-corrected chi connectivity index (χ4v) is 3.73. The first-order valence-electron chi connectivity index (χ1n) is 10.6. The minimum Gasteiger partial charge on any atom is -0.493 e. The van der Waals surface area contributed by atoms with Crippen molar-refractivity contribution >= 4 is 23.9 Å². The second-order valence-electron chi connectivity index (χ2n) is 7.72. The van der Waals surface area contributed by atoms with Gasteiger partial charge < -0.3 is 19.7 Å². The van der Waals surface area contributed by atoms with Gasteiger partial charge in [-0.25, -0.2) is 4.79 Å². The molecule has 0 radical (unpaired) electrons. The molecule has 4 amide bonds. The average molecular weight is 435 g/mol. The van der Waals surface area contributed by atoms with E-state index in [4.69, 9.17) is 9.47 Å². The minimum atomic E-state index is -0.545. The number of nitrogens with zero attached hydrogens (tertiary/aromatic N) is 1. The molecule has 0 unspecified atom stereocenters. The van der Waals surface area contributed by atoms with Crippen LogP contribution >= 0.6 is 0 Å². The van der Waals surface area contributed by atoms with E-state index in [1.807, 2.05) is 29.2 Å². The van der Waals surface area contributed by atoms with Gasteiger partial charge in [0.05, 0.1) is 7.11 Å². The second-order valence-corrected chi connectivity index (χ2v) is 7.72. The van der Waals surface area contributed by atoms with E-state index < -0.39 is 11.9 Å². The maximum Gasteiger partial charge on any atom is 0.326 e. The molecule has 2 fully saturated rings. The summed E-state index contributed by atoms with van der Waals surface area (Å²) >= 11 is 0. The number of imide groups is 1. The lowest BCUT2D eigenvalue weighted by atomic mass is 10.1. The molecule has 8 nitrogen and oxygen atoms in total. The van der Waals surface area contributed by atoms with Crippen molar-refractivity contribution in [1.29, 1.82) is 0 Å². The average Bonchev–Trinajstić information content (AvgIpc) is 3.14. The third kappa shape index (κ3) is 4.91. The Morgan fingerprint density at radius 1 is 1.00 bits per heavy atom. The van der Waals surface area contributed by atoms with Crippen LogP contribution in [-0.2, 0) is 11.4 Å². The van der Waals surface area contributed by atoms with Gasteiger partial charge in [-0.3, -0.25) is 14.9 Å². The largest absolute Gasteiger partial charge is 0.493 e. The number of methoxy groups -OCH3 is 1. The molecule has 0 spiro atoms. The van der Waals surface area contributed by atoms with Gasteiger partial charge in [-0.1, -0.05) is 18.2 Å². The molecule has 4 rings (SSSR count). The molecule has 2 heterocycles. The van der Waals surface area contributed by atoms with Crippen molar-refractivity contribution in [3.63, 3.8) is 0 Å². The highest BCUT2D eigenvalue weighted by atomic mass is 16.5. The fraction of sp³-hybridized carbons (Fsp3) is 0.292. The Kier molecular flexibility index (Phi) is 6.39. The molecular formula is C24H25N3O5. The van der Waals surface area contributed by atoms with Gasteiger partial charge in [-0.15, -0.1) is 0 Å². The van der Waals surface area contributed by atoms with Crippen LogP contribution in [0.3, 0.4) is 0 Å². The van der Waals surface area contributed by atoms with E-state index in [1.54, 1.807) is 24.3 Å². The monoisotopic (exact) mass is 435 g/mol. The van der Waals surface area contributed by atoms with E-state index >= 15 is 0 Å². The fourth-order valence-electron chi connectivity index (χ4n) is 3.73. The summed E-state index contributed by atoms with van der Waals surface area (Å²) in [6.45, 7) is 1.97. The second kappa shape index (κ2) is 9.55. The molecule has 2 N–H and O–H groups in total. The normalized spacial score (nSPS) is 17.2. The van der Waals surface area contributed by atoms with E-state index in [0.717, 1.165) is 31.5 Å². The van der Waals surface area contributed by atoms with Gasteiger partial charge in [-0.05, 0) is 60.7 Å². The molecule has 32 heavy (non-hydrogen) atoms. The SMILES string of the molecule is COc1cc(C=C2NC(=O)NC2=O)ccc1OCc1ccc(C(=O)N2CCCCC2)cc1. The molecule has 166 valence electrons. The maximum absolute atomic E-state index is 12.6. The molecule has 2 aliphatic rings. The van der Waals surface area contributed by atoms with Crippen LogP contribution in [0.1, 0.15) is 40.7 Å². The molecular weight excluding hydrogens is 410 g/mol. The number of ether oxygens (including phenoxy) is 2. The predicted molar refractivity (Wildman–Crippen MR) is 118 cm³/mol. The van der Waals surface area contributed by atoms with Crippen molar-refractivity contribution in [3.05, 3.63) is 64.9 Å². The van der Waals surface area contributed by atoms with Crippen molar-refractivity contribution in [1.82, 2.24) is 15.5 Å². The topological polar surface area (TPSA) is 97.0 Å². The van der Waals surface area contributed by atoms with Crippen molar-refractivity contribution < 1.29 is 23.9 Å². The smallest absolute Gasteiger partial charge is 0.326 e. The van der Waals surface area contributed by atoms with Crippen molar-refractivity contribution in [2.45, 2.75) is 25.9 Å². The van der Waals surface area contributed by atoms with Crippen LogP contribution in [0.2, 0.25) is 0 Å². The molecule has 2 aliphatic heterocycles. The van der Waals surface area contributed by atoms with Gasteiger partial charge in [0.2, 0.25) is 0 Å². The van der Waals surface area contributed by atoms with Gasteiger partial charge in [0.25, 0.3) is 11.8 Å². The summed E-state index contributed by atoms with van der Waals surface area (Å²) in [5.41, 5.74) is 2.47. The van der Waals surface area contributed by atoms with Crippen LogP contribution in [0.5, 0.6) is 11.5 Å². The third-order valence-corrected chi connectivity index (χ3v) is 5.46. The first-order chi connectivity index (χ1) is 15.5. The van der Waals surface area contributed by atoms with E-state index in [9.17, 15) is 14.4 Å². The molecule has 0 aromatic heterocycles. The van der Waals surface area contributed by atoms with E-state index in [-0.39, 0.29) is 11.6 Å². The number of hydrogen-bond acceptors (Lipinski definition) is 5. The van der Waals surface area contributed by atoms with Crippen molar-refractivity contribution in [3.8, 4) is 11.5 Å². The number of likely N-dealkylation sites (tertiary alicyclic amines) is 1. The van der Waals surface area contributed by atoms with E-state index in [0.29, 0.717) is 29.2 Å². The van der Waals surface area contributed by atoms with Crippen LogP contribution in [0.25, 0.3) is 6.08 Å². The van der Waals surface area contributed by atoms with Gasteiger partial charge in [0.1, 0.15) is 12.3 Å². The number of urea groups is 1. The zero-order valence-electron chi connectivity index (χ0n) is 17.8. The number of hydrogen-bond donors (Lipinski definition) is 2. The lowest BCUT2D eigenvalue weighted by molar-refractivity contribution is -0.115. The van der Waals surface area contributed by atoms with Crippen molar-refractivity contribution in [2.75, 3.05) is 20.2 Å². The van der Waals surface area contributed by atoms with E-state index in [1.165, 1.54) is 13.5 Å². The number of benzene rings is 2. The van der Waals surface area contributed by atoms with Crippen LogP contribution in [0.4, 0.5) is 4.79 Å². The number of nitrogens with one attached hydrogen (secondary N) is 2. The first-order valence-corrected chi connectivity index (χ1v) is 10.6. The molecule has 0 bridgehead atoms. The number of carbonyl (C=O) groups excluding carboxylic acids is 3. The Bertz CT molecular complexity index is 1060.